The molecule has 0 aliphatic heterocycles. The van der Waals surface area contributed by atoms with Crippen LogP contribution >= 0.6 is 23.2 Å². The zero-order valence-corrected chi connectivity index (χ0v) is 17.1. The maximum Gasteiger partial charge on any atom is 0.312 e. The number of carbonyl (C=O) groups is 3. The lowest BCUT2D eigenvalue weighted by Crippen LogP contribution is -2.51. The second kappa shape index (κ2) is 11.7. The van der Waals surface area contributed by atoms with Crippen LogP contribution in [0.5, 0.6) is 0 Å². The van der Waals surface area contributed by atoms with Gasteiger partial charge in [0.25, 0.3) is 0 Å². The molecule has 0 saturated carbocycles. The topological polar surface area (TPSA) is 105 Å². The number of anilines is 1. The Balaban J connectivity index is 2.85. The monoisotopic (exact) mass is 416 g/mol. The molecule has 0 fully saturated rings. The lowest BCUT2D eigenvalue weighted by molar-refractivity contribution is -0.136. The number of hydrogen-bond acceptors (Lipinski definition) is 3. The van der Waals surface area contributed by atoms with Crippen LogP contribution in [-0.4, -0.2) is 41.9 Å². The van der Waals surface area contributed by atoms with Crippen LogP contribution in [0, 0.1) is 0 Å². The lowest BCUT2D eigenvalue weighted by atomic mass is 10.1. The van der Waals surface area contributed by atoms with Crippen molar-refractivity contribution >= 4 is 46.7 Å². The van der Waals surface area contributed by atoms with Gasteiger partial charge in [-0.25, -0.2) is 4.79 Å². The fourth-order valence-corrected chi connectivity index (χ4v) is 2.89. The molecule has 1 atom stereocenters. The summed E-state index contributed by atoms with van der Waals surface area (Å²) in [5.41, 5.74) is 5.56. The van der Waals surface area contributed by atoms with E-state index in [0.29, 0.717) is 35.1 Å². The Morgan fingerprint density at radius 2 is 1.89 bits per heavy atom. The smallest absolute Gasteiger partial charge is 0.312 e. The summed E-state index contributed by atoms with van der Waals surface area (Å²) in [5.74, 6) is -0.745. The summed E-state index contributed by atoms with van der Waals surface area (Å²) in [4.78, 5) is 37.8. The first kappa shape index (κ1) is 23.0. The zero-order chi connectivity index (χ0) is 20.4. The summed E-state index contributed by atoms with van der Waals surface area (Å²) >= 11 is 12.0. The first-order valence-electron chi connectivity index (χ1n) is 8.88. The number of amides is 4. The molecule has 0 bridgehead atoms. The van der Waals surface area contributed by atoms with Gasteiger partial charge in [0, 0.05) is 11.6 Å². The van der Waals surface area contributed by atoms with Gasteiger partial charge in [-0.1, -0.05) is 49.9 Å². The van der Waals surface area contributed by atoms with Crippen molar-refractivity contribution in [3.63, 3.8) is 0 Å². The number of urea groups is 1. The Kier molecular flexibility index (Phi) is 9.96. The van der Waals surface area contributed by atoms with Crippen molar-refractivity contribution in [3.05, 3.63) is 28.2 Å². The molecule has 1 aromatic rings. The van der Waals surface area contributed by atoms with Gasteiger partial charge in [-0.3, -0.25) is 9.59 Å². The summed E-state index contributed by atoms with van der Waals surface area (Å²) in [6.45, 7) is 4.09. The number of halogens is 2. The number of unbranched alkanes of at least 4 members (excludes halogenated alkanes) is 1. The summed E-state index contributed by atoms with van der Waals surface area (Å²) in [5, 5.41) is 5.90. The minimum absolute atomic E-state index is 0.168. The van der Waals surface area contributed by atoms with Crippen molar-refractivity contribution in [1.82, 2.24) is 10.2 Å². The largest absolute Gasteiger partial charge is 0.352 e. The quantitative estimate of drug-likeness (QED) is 0.544. The highest BCUT2D eigenvalue weighted by molar-refractivity contribution is 6.35. The SMILES string of the molecule is CCCCC(NC(N)=O)C(=O)N(CCC)CC(=O)Nc1cc(Cl)ccc1Cl. The number of benzene rings is 1. The highest BCUT2D eigenvalue weighted by Crippen LogP contribution is 2.25. The first-order chi connectivity index (χ1) is 12.8. The molecule has 0 aliphatic carbocycles. The molecule has 0 aliphatic rings. The van der Waals surface area contributed by atoms with Crippen LogP contribution in [0.2, 0.25) is 10.0 Å². The van der Waals surface area contributed by atoms with Gasteiger partial charge in [0.1, 0.15) is 6.04 Å². The first-order valence-corrected chi connectivity index (χ1v) is 9.63. The number of primary amides is 1. The number of nitrogens with one attached hydrogen (secondary N) is 2. The molecule has 27 heavy (non-hydrogen) atoms. The number of rotatable bonds is 10. The van der Waals surface area contributed by atoms with Gasteiger partial charge in [-0.2, -0.15) is 0 Å². The van der Waals surface area contributed by atoms with E-state index in [9.17, 15) is 14.4 Å². The van der Waals surface area contributed by atoms with E-state index in [-0.39, 0.29) is 12.5 Å². The second-order valence-corrected chi connectivity index (χ2v) is 6.98. The fraction of sp³-hybridized carbons (Fsp3) is 0.500. The van der Waals surface area contributed by atoms with Crippen LogP contribution in [0.15, 0.2) is 18.2 Å². The van der Waals surface area contributed by atoms with Crippen molar-refractivity contribution in [3.8, 4) is 0 Å². The van der Waals surface area contributed by atoms with Gasteiger partial charge in [-0.05, 0) is 31.0 Å². The summed E-state index contributed by atoms with van der Waals surface area (Å²) in [6.07, 6.45) is 2.74. The van der Waals surface area contributed by atoms with Crippen LogP contribution in [0.1, 0.15) is 39.5 Å². The summed E-state index contributed by atoms with van der Waals surface area (Å²) in [6, 6.07) is 3.20. The molecule has 7 nitrogen and oxygen atoms in total. The third kappa shape index (κ3) is 8.05. The van der Waals surface area contributed by atoms with E-state index in [1.165, 1.54) is 11.0 Å². The molecule has 4 N–H and O–H groups in total. The van der Waals surface area contributed by atoms with E-state index < -0.39 is 18.0 Å². The maximum atomic E-state index is 12.8. The summed E-state index contributed by atoms with van der Waals surface area (Å²) < 4.78 is 0. The fourth-order valence-electron chi connectivity index (χ4n) is 2.55. The Hall–Kier alpha value is -1.99. The molecule has 0 saturated heterocycles. The van der Waals surface area contributed by atoms with Crippen molar-refractivity contribution < 1.29 is 14.4 Å². The molecule has 0 heterocycles. The minimum atomic E-state index is -0.768. The van der Waals surface area contributed by atoms with Gasteiger partial charge in [-0.15, -0.1) is 0 Å². The summed E-state index contributed by atoms with van der Waals surface area (Å²) in [7, 11) is 0. The molecule has 0 radical (unpaired) electrons. The molecule has 0 aromatic heterocycles. The van der Waals surface area contributed by atoms with Crippen LogP contribution in [0.4, 0.5) is 10.5 Å². The van der Waals surface area contributed by atoms with Gasteiger partial charge in [0.15, 0.2) is 0 Å². The van der Waals surface area contributed by atoms with Crippen LogP contribution < -0.4 is 16.4 Å². The number of carbonyl (C=O) groups excluding carboxylic acids is 3. The third-order valence-electron chi connectivity index (χ3n) is 3.80. The molecular formula is C18H26Cl2N4O3. The standard InChI is InChI=1S/C18H26Cl2N4O3/c1-3-5-6-14(23-18(21)27)17(26)24(9-4-2)11-16(25)22-15-10-12(19)7-8-13(15)20/h7-8,10,14H,3-6,9,11H2,1-2H3,(H,22,25)(H3,21,23,27). The predicted octanol–water partition coefficient (Wildman–Crippen LogP) is 3.40. The van der Waals surface area contributed by atoms with Gasteiger partial charge in [0.2, 0.25) is 11.8 Å². The molecule has 1 aromatic carbocycles. The average Bonchev–Trinajstić information content (AvgIpc) is 2.60. The zero-order valence-electron chi connectivity index (χ0n) is 15.6. The Labute approximate surface area is 169 Å². The molecule has 150 valence electrons. The number of nitrogens with two attached hydrogens (primary N) is 1. The number of hydrogen-bond donors (Lipinski definition) is 3. The van der Waals surface area contributed by atoms with Gasteiger partial charge in [0.05, 0.1) is 17.3 Å². The van der Waals surface area contributed by atoms with Crippen LogP contribution in [0.25, 0.3) is 0 Å². The highest BCUT2D eigenvalue weighted by Gasteiger charge is 2.26. The number of nitrogens with zero attached hydrogens (tertiary/aromatic N) is 1. The van der Waals surface area contributed by atoms with Crippen molar-refractivity contribution in [1.29, 1.82) is 0 Å². The van der Waals surface area contributed by atoms with E-state index in [2.05, 4.69) is 10.6 Å². The Morgan fingerprint density at radius 3 is 2.48 bits per heavy atom. The third-order valence-corrected chi connectivity index (χ3v) is 4.37. The highest BCUT2D eigenvalue weighted by atomic mass is 35.5. The van der Waals surface area contributed by atoms with Crippen LogP contribution in [0.3, 0.4) is 0 Å². The molecule has 9 heteroatoms. The van der Waals surface area contributed by atoms with E-state index in [4.69, 9.17) is 28.9 Å². The van der Waals surface area contributed by atoms with Gasteiger partial charge < -0.3 is 21.3 Å². The van der Waals surface area contributed by atoms with E-state index in [1.807, 2.05) is 13.8 Å². The predicted molar refractivity (Wildman–Crippen MR) is 108 cm³/mol. The Morgan fingerprint density at radius 1 is 1.19 bits per heavy atom. The van der Waals surface area contributed by atoms with Crippen LogP contribution in [-0.2, 0) is 9.59 Å². The second-order valence-electron chi connectivity index (χ2n) is 6.14. The normalized spacial score (nSPS) is 11.6. The maximum absolute atomic E-state index is 12.8. The van der Waals surface area contributed by atoms with E-state index in [1.54, 1.807) is 12.1 Å². The van der Waals surface area contributed by atoms with Gasteiger partial charge >= 0.3 is 6.03 Å². The molecule has 1 rings (SSSR count). The Bertz CT molecular complexity index is 670. The molecule has 4 amide bonds. The van der Waals surface area contributed by atoms with Crippen molar-refractivity contribution in [2.24, 2.45) is 5.73 Å². The van der Waals surface area contributed by atoms with Crippen molar-refractivity contribution in [2.45, 2.75) is 45.6 Å². The lowest BCUT2D eigenvalue weighted by Gasteiger charge is -2.27. The molecular weight excluding hydrogens is 391 g/mol. The van der Waals surface area contributed by atoms with Crippen molar-refractivity contribution in [2.75, 3.05) is 18.4 Å². The minimum Gasteiger partial charge on any atom is -0.352 e. The van der Waals surface area contributed by atoms with E-state index in [0.717, 1.165) is 12.8 Å². The average molecular weight is 417 g/mol. The molecule has 1 unspecified atom stereocenters. The molecule has 0 spiro atoms. The van der Waals surface area contributed by atoms with E-state index >= 15 is 0 Å².